The number of anilines is 1. The average Bonchev–Trinajstić information content (AvgIpc) is 2.81. The van der Waals surface area contributed by atoms with Crippen molar-refractivity contribution >= 4 is 23.2 Å². The molecule has 19 heavy (non-hydrogen) atoms. The number of rotatable bonds is 1. The molecule has 0 spiro atoms. The van der Waals surface area contributed by atoms with Crippen LogP contribution in [0.2, 0.25) is 5.02 Å². The van der Waals surface area contributed by atoms with Crippen LogP contribution in [0.25, 0.3) is 0 Å². The lowest BCUT2D eigenvalue weighted by atomic mass is 9.89. The van der Waals surface area contributed by atoms with Crippen molar-refractivity contribution < 1.29 is 9.53 Å². The van der Waals surface area contributed by atoms with Gasteiger partial charge >= 0.3 is 0 Å². The van der Waals surface area contributed by atoms with Crippen molar-refractivity contribution in [3.8, 4) is 0 Å². The van der Waals surface area contributed by atoms with Gasteiger partial charge in [0.2, 0.25) is 5.91 Å². The molecule has 0 aromatic heterocycles. The molecular weight excluding hydrogens is 264 g/mol. The maximum absolute atomic E-state index is 12.7. The van der Waals surface area contributed by atoms with Crippen LogP contribution in [0.3, 0.4) is 0 Å². The minimum atomic E-state index is -0.790. The Morgan fingerprint density at radius 2 is 2.11 bits per heavy atom. The Labute approximate surface area is 117 Å². The molecule has 0 atom stereocenters. The summed E-state index contributed by atoms with van der Waals surface area (Å²) >= 11 is 6.02. The van der Waals surface area contributed by atoms with E-state index < -0.39 is 5.54 Å². The molecule has 1 aromatic carbocycles. The highest BCUT2D eigenvalue weighted by atomic mass is 35.5. The summed E-state index contributed by atoms with van der Waals surface area (Å²) in [5.41, 5.74) is 7.56. The van der Waals surface area contributed by atoms with Crippen molar-refractivity contribution in [2.75, 3.05) is 24.7 Å². The molecule has 2 aliphatic heterocycles. The second-order valence-corrected chi connectivity index (χ2v) is 5.68. The molecule has 0 bridgehead atoms. The molecule has 2 aliphatic rings. The van der Waals surface area contributed by atoms with Gasteiger partial charge in [-0.25, -0.2) is 0 Å². The number of nitrogens with two attached hydrogens (primary N) is 1. The van der Waals surface area contributed by atoms with Gasteiger partial charge in [-0.3, -0.25) is 4.79 Å². The van der Waals surface area contributed by atoms with Crippen LogP contribution in [0, 0.1) is 0 Å². The normalized spacial score (nSPS) is 21.3. The van der Waals surface area contributed by atoms with Crippen molar-refractivity contribution in [2.24, 2.45) is 5.73 Å². The summed E-state index contributed by atoms with van der Waals surface area (Å²) in [6, 6.07) is 5.70. The van der Waals surface area contributed by atoms with E-state index in [9.17, 15) is 4.79 Å². The van der Waals surface area contributed by atoms with Gasteiger partial charge < -0.3 is 15.4 Å². The predicted octanol–water partition coefficient (Wildman–Crippen LogP) is 1.74. The molecule has 3 rings (SSSR count). The van der Waals surface area contributed by atoms with Crippen LogP contribution in [0.1, 0.15) is 18.4 Å². The summed E-state index contributed by atoms with van der Waals surface area (Å²) in [4.78, 5) is 14.5. The van der Waals surface area contributed by atoms with E-state index in [1.807, 2.05) is 18.2 Å². The molecule has 102 valence electrons. The fraction of sp³-hybridized carbons (Fsp3) is 0.500. The number of hydrogen-bond acceptors (Lipinski definition) is 3. The molecule has 1 aromatic rings. The van der Waals surface area contributed by atoms with Gasteiger partial charge in [0.1, 0.15) is 5.54 Å². The van der Waals surface area contributed by atoms with Gasteiger partial charge in [-0.05, 0) is 37.0 Å². The molecule has 1 fully saturated rings. The number of ether oxygens (including phenoxy) is 1. The van der Waals surface area contributed by atoms with Crippen molar-refractivity contribution in [3.63, 3.8) is 0 Å². The van der Waals surface area contributed by atoms with E-state index in [0.29, 0.717) is 37.6 Å². The second-order valence-electron chi connectivity index (χ2n) is 5.25. The standard InChI is InChI=1S/C14H17ClN2O2/c15-11-2-1-10-3-6-17(12(10)9-11)13(18)14(16)4-7-19-8-5-14/h1-2,9H,3-8,16H2. The van der Waals surface area contributed by atoms with Crippen LogP contribution in [0.4, 0.5) is 5.69 Å². The lowest BCUT2D eigenvalue weighted by Gasteiger charge is -2.35. The summed E-state index contributed by atoms with van der Waals surface area (Å²) in [6.45, 7) is 1.80. The molecule has 4 nitrogen and oxygen atoms in total. The number of amides is 1. The molecule has 0 unspecified atom stereocenters. The van der Waals surface area contributed by atoms with E-state index in [0.717, 1.165) is 17.7 Å². The van der Waals surface area contributed by atoms with E-state index in [4.69, 9.17) is 22.1 Å². The van der Waals surface area contributed by atoms with Gasteiger partial charge in [0.15, 0.2) is 0 Å². The highest BCUT2D eigenvalue weighted by Gasteiger charge is 2.41. The van der Waals surface area contributed by atoms with E-state index in [1.165, 1.54) is 0 Å². The Morgan fingerprint density at radius 1 is 1.37 bits per heavy atom. The number of nitrogens with zero attached hydrogens (tertiary/aromatic N) is 1. The van der Waals surface area contributed by atoms with E-state index in [1.54, 1.807) is 4.90 Å². The first-order valence-electron chi connectivity index (χ1n) is 6.57. The predicted molar refractivity (Wildman–Crippen MR) is 74.5 cm³/mol. The molecule has 2 heterocycles. The van der Waals surface area contributed by atoms with Crippen LogP contribution in [0.15, 0.2) is 18.2 Å². The van der Waals surface area contributed by atoms with Gasteiger partial charge in [0, 0.05) is 30.5 Å². The maximum Gasteiger partial charge on any atom is 0.247 e. The molecule has 0 saturated carbocycles. The topological polar surface area (TPSA) is 55.6 Å². The van der Waals surface area contributed by atoms with Crippen LogP contribution in [-0.2, 0) is 16.0 Å². The van der Waals surface area contributed by atoms with Crippen LogP contribution in [-0.4, -0.2) is 31.2 Å². The SMILES string of the molecule is NC1(C(=O)N2CCc3ccc(Cl)cc32)CCOCC1. The summed E-state index contributed by atoms with van der Waals surface area (Å²) in [6.07, 6.45) is 2.03. The third-order valence-corrected chi connectivity index (χ3v) is 4.23. The van der Waals surface area contributed by atoms with Crippen molar-refractivity contribution in [1.29, 1.82) is 0 Å². The minimum absolute atomic E-state index is 0.00295. The Hall–Kier alpha value is -1.10. The molecular formula is C14H17ClN2O2. The van der Waals surface area contributed by atoms with E-state index >= 15 is 0 Å². The van der Waals surface area contributed by atoms with Crippen LogP contribution < -0.4 is 10.6 Å². The van der Waals surface area contributed by atoms with Crippen molar-refractivity contribution in [3.05, 3.63) is 28.8 Å². The molecule has 1 amide bonds. The number of benzene rings is 1. The minimum Gasteiger partial charge on any atom is -0.381 e. The largest absolute Gasteiger partial charge is 0.381 e. The van der Waals surface area contributed by atoms with Crippen molar-refractivity contribution in [2.45, 2.75) is 24.8 Å². The van der Waals surface area contributed by atoms with Gasteiger partial charge in [-0.1, -0.05) is 17.7 Å². The zero-order valence-electron chi connectivity index (χ0n) is 10.7. The molecule has 0 aliphatic carbocycles. The third kappa shape index (κ3) is 2.24. The fourth-order valence-corrected chi connectivity index (χ4v) is 2.95. The average molecular weight is 281 g/mol. The summed E-state index contributed by atoms with van der Waals surface area (Å²) in [5, 5.41) is 0.650. The van der Waals surface area contributed by atoms with E-state index in [2.05, 4.69) is 0 Å². The summed E-state index contributed by atoms with van der Waals surface area (Å²) in [7, 11) is 0. The molecule has 1 saturated heterocycles. The Morgan fingerprint density at radius 3 is 2.84 bits per heavy atom. The van der Waals surface area contributed by atoms with Gasteiger partial charge in [-0.2, -0.15) is 0 Å². The van der Waals surface area contributed by atoms with Gasteiger partial charge in [0.25, 0.3) is 0 Å². The lowest BCUT2D eigenvalue weighted by molar-refractivity contribution is -0.126. The second kappa shape index (κ2) is 4.78. The molecule has 2 N–H and O–H groups in total. The number of carbonyl (C=O) groups is 1. The number of carbonyl (C=O) groups excluding carboxylic acids is 1. The number of hydrogen-bond donors (Lipinski definition) is 1. The van der Waals surface area contributed by atoms with Gasteiger partial charge in [-0.15, -0.1) is 0 Å². The fourth-order valence-electron chi connectivity index (χ4n) is 2.78. The Kier molecular flexibility index (Phi) is 3.25. The maximum atomic E-state index is 12.7. The van der Waals surface area contributed by atoms with Crippen LogP contribution in [0.5, 0.6) is 0 Å². The Balaban J connectivity index is 1.88. The first-order chi connectivity index (χ1) is 9.10. The van der Waals surface area contributed by atoms with Gasteiger partial charge in [0.05, 0.1) is 0 Å². The smallest absolute Gasteiger partial charge is 0.247 e. The zero-order valence-corrected chi connectivity index (χ0v) is 11.4. The monoisotopic (exact) mass is 280 g/mol. The van der Waals surface area contributed by atoms with E-state index in [-0.39, 0.29) is 5.91 Å². The number of fused-ring (bicyclic) bond motifs is 1. The highest BCUT2D eigenvalue weighted by Crippen LogP contribution is 2.33. The molecule has 5 heteroatoms. The number of halogens is 1. The highest BCUT2D eigenvalue weighted by molar-refractivity contribution is 6.31. The van der Waals surface area contributed by atoms with Crippen LogP contribution >= 0.6 is 11.6 Å². The first-order valence-corrected chi connectivity index (χ1v) is 6.95. The third-order valence-electron chi connectivity index (χ3n) is 4.00. The Bertz CT molecular complexity index is 512. The lowest BCUT2D eigenvalue weighted by Crippen LogP contribution is -2.58. The summed E-state index contributed by atoms with van der Waals surface area (Å²) in [5.74, 6) is -0.00295. The molecule has 0 radical (unpaired) electrons. The summed E-state index contributed by atoms with van der Waals surface area (Å²) < 4.78 is 5.29. The van der Waals surface area contributed by atoms with Crippen molar-refractivity contribution in [1.82, 2.24) is 0 Å². The zero-order chi connectivity index (χ0) is 13.5. The quantitative estimate of drug-likeness (QED) is 0.852. The first kappa shape index (κ1) is 12.9.